The number of nitrogens with zero attached hydrogens (tertiary/aromatic N) is 4. The molecule has 6 nitrogen and oxygen atoms in total. The van der Waals surface area contributed by atoms with Crippen LogP contribution >= 0.6 is 0 Å². The Morgan fingerprint density at radius 3 is 2.75 bits per heavy atom. The molecule has 0 atom stereocenters. The highest BCUT2D eigenvalue weighted by molar-refractivity contribution is 5.83. The molecule has 1 saturated carbocycles. The molecule has 0 amide bonds. The summed E-state index contributed by atoms with van der Waals surface area (Å²) in [6.07, 6.45) is 7.45. The van der Waals surface area contributed by atoms with Crippen LogP contribution in [-0.4, -0.2) is 25.7 Å². The van der Waals surface area contributed by atoms with E-state index in [9.17, 15) is 0 Å². The van der Waals surface area contributed by atoms with Gasteiger partial charge in [-0.3, -0.25) is 0 Å². The quantitative estimate of drug-likeness (QED) is 0.720. The monoisotopic (exact) mass is 373 g/mol. The van der Waals surface area contributed by atoms with Gasteiger partial charge in [0.15, 0.2) is 5.82 Å². The maximum Gasteiger partial charge on any atom is 0.316 e. The first-order chi connectivity index (χ1) is 13.5. The lowest BCUT2D eigenvalue weighted by Gasteiger charge is -2.17. The third kappa shape index (κ3) is 3.30. The Kier molecular flexibility index (Phi) is 3.82. The second kappa shape index (κ2) is 6.26. The van der Waals surface area contributed by atoms with Gasteiger partial charge in [0.05, 0.1) is 0 Å². The van der Waals surface area contributed by atoms with Crippen LogP contribution < -0.4 is 5.32 Å². The van der Waals surface area contributed by atoms with Crippen molar-refractivity contribution in [3.05, 3.63) is 59.2 Å². The van der Waals surface area contributed by atoms with Gasteiger partial charge in [0.1, 0.15) is 0 Å². The van der Waals surface area contributed by atoms with Crippen LogP contribution in [0.2, 0.25) is 0 Å². The van der Waals surface area contributed by atoms with E-state index in [-0.39, 0.29) is 5.54 Å². The number of anilines is 1. The molecule has 2 aliphatic rings. The highest BCUT2D eigenvalue weighted by atomic mass is 16.4. The zero-order valence-electron chi connectivity index (χ0n) is 16.4. The van der Waals surface area contributed by atoms with Gasteiger partial charge < -0.3 is 9.73 Å². The largest absolute Gasteiger partial charge is 0.403 e. The Morgan fingerprint density at radius 2 is 1.96 bits per heavy atom. The van der Waals surface area contributed by atoms with Crippen molar-refractivity contribution in [1.82, 2.24) is 20.2 Å². The Balaban J connectivity index is 1.47. The van der Waals surface area contributed by atoms with Crippen LogP contribution in [0.3, 0.4) is 0 Å². The van der Waals surface area contributed by atoms with Crippen LogP contribution in [0.15, 0.2) is 41.0 Å². The molecule has 1 aromatic carbocycles. The third-order valence-electron chi connectivity index (χ3n) is 4.99. The molecule has 2 aromatic heterocycles. The van der Waals surface area contributed by atoms with Gasteiger partial charge in [-0.05, 0) is 69.4 Å². The van der Waals surface area contributed by atoms with Crippen molar-refractivity contribution >= 4 is 11.6 Å². The Morgan fingerprint density at radius 1 is 1.11 bits per heavy atom. The van der Waals surface area contributed by atoms with Crippen LogP contribution in [0.25, 0.3) is 17.0 Å². The molecule has 0 unspecified atom stereocenters. The second-order valence-electron chi connectivity index (χ2n) is 8.56. The number of nitrogens with one attached hydrogen (secondary N) is 1. The summed E-state index contributed by atoms with van der Waals surface area (Å²) in [5.41, 5.74) is 5.43. The minimum Gasteiger partial charge on any atom is -0.403 e. The number of aromatic nitrogens is 4. The summed E-state index contributed by atoms with van der Waals surface area (Å²) in [5, 5.41) is 11.5. The zero-order valence-corrected chi connectivity index (χ0v) is 16.4. The summed E-state index contributed by atoms with van der Waals surface area (Å²) >= 11 is 0. The van der Waals surface area contributed by atoms with Gasteiger partial charge in [-0.2, -0.15) is 0 Å². The number of rotatable bonds is 4. The van der Waals surface area contributed by atoms with Gasteiger partial charge in [0.25, 0.3) is 0 Å². The van der Waals surface area contributed by atoms with Crippen molar-refractivity contribution in [3.63, 3.8) is 0 Å². The van der Waals surface area contributed by atoms with Crippen molar-refractivity contribution < 1.29 is 4.42 Å². The standard InChI is InChI=1S/C22H23N5O/c1-22(2,3)25-21-27-26-20(28-21)15-7-4-13-8-9-16(17(13)12-15)19-23-11-10-18(24-19)14-5-6-14/h4,7,9-12,14H,5-6,8H2,1-3H3,(H,25,27). The maximum absolute atomic E-state index is 5.82. The van der Waals surface area contributed by atoms with Crippen LogP contribution in [0, 0.1) is 0 Å². The maximum atomic E-state index is 5.82. The first-order valence-electron chi connectivity index (χ1n) is 9.75. The van der Waals surface area contributed by atoms with Crippen molar-refractivity contribution in [2.45, 2.75) is 51.5 Å². The van der Waals surface area contributed by atoms with Crippen LogP contribution in [0.5, 0.6) is 0 Å². The first-order valence-corrected chi connectivity index (χ1v) is 9.75. The predicted octanol–water partition coefficient (Wildman–Crippen LogP) is 4.60. The minimum atomic E-state index is -0.137. The first kappa shape index (κ1) is 17.1. The third-order valence-corrected chi connectivity index (χ3v) is 4.99. The molecule has 2 heterocycles. The van der Waals surface area contributed by atoms with E-state index < -0.39 is 0 Å². The average molecular weight is 373 g/mol. The van der Waals surface area contributed by atoms with E-state index in [2.05, 4.69) is 59.5 Å². The number of allylic oxidation sites excluding steroid dienone is 1. The fraction of sp³-hybridized carbons (Fsp3) is 0.364. The number of hydrogen-bond acceptors (Lipinski definition) is 6. The zero-order chi connectivity index (χ0) is 19.3. The topological polar surface area (TPSA) is 76.7 Å². The SMILES string of the molecule is CC(C)(C)Nc1nnc(-c2ccc3c(c2)C(c2nccc(C4CC4)n2)=CC3)o1. The molecular formula is C22H23N5O. The van der Waals surface area contributed by atoms with Crippen molar-refractivity contribution in [2.24, 2.45) is 0 Å². The number of hydrogen-bond donors (Lipinski definition) is 1. The lowest BCUT2D eigenvalue weighted by molar-refractivity contribution is 0.538. The Hall–Kier alpha value is -3.02. The summed E-state index contributed by atoms with van der Waals surface area (Å²) in [4.78, 5) is 9.36. The molecule has 0 aliphatic heterocycles. The minimum absolute atomic E-state index is 0.137. The molecule has 3 aromatic rings. The molecule has 1 N–H and O–H groups in total. The average Bonchev–Trinajstić information content (AvgIpc) is 3.27. The van der Waals surface area contributed by atoms with E-state index in [0.717, 1.165) is 34.6 Å². The van der Waals surface area contributed by atoms with Crippen molar-refractivity contribution in [3.8, 4) is 11.5 Å². The van der Waals surface area contributed by atoms with Gasteiger partial charge in [-0.1, -0.05) is 17.2 Å². The molecule has 0 bridgehead atoms. The van der Waals surface area contributed by atoms with E-state index in [4.69, 9.17) is 9.40 Å². The van der Waals surface area contributed by atoms with Crippen LogP contribution in [0.4, 0.5) is 6.01 Å². The van der Waals surface area contributed by atoms with E-state index in [1.807, 2.05) is 18.3 Å². The highest BCUT2D eigenvalue weighted by Crippen LogP contribution is 2.40. The molecule has 0 saturated heterocycles. The Bertz CT molecular complexity index is 1070. The summed E-state index contributed by atoms with van der Waals surface area (Å²) in [7, 11) is 0. The molecule has 142 valence electrons. The van der Waals surface area contributed by atoms with Crippen molar-refractivity contribution in [1.29, 1.82) is 0 Å². The summed E-state index contributed by atoms with van der Waals surface area (Å²) in [5.74, 6) is 1.93. The number of benzene rings is 1. The molecule has 28 heavy (non-hydrogen) atoms. The fourth-order valence-electron chi connectivity index (χ4n) is 3.49. The summed E-state index contributed by atoms with van der Waals surface area (Å²) < 4.78 is 5.82. The molecule has 5 rings (SSSR count). The van der Waals surface area contributed by atoms with Gasteiger partial charge in [-0.15, -0.1) is 5.10 Å². The highest BCUT2D eigenvalue weighted by Gasteiger charge is 2.27. The molecular weight excluding hydrogens is 350 g/mol. The second-order valence-corrected chi connectivity index (χ2v) is 8.56. The molecule has 1 fully saturated rings. The molecule has 2 aliphatic carbocycles. The van der Waals surface area contributed by atoms with Crippen LogP contribution in [-0.2, 0) is 6.42 Å². The smallest absolute Gasteiger partial charge is 0.316 e. The number of fused-ring (bicyclic) bond motifs is 1. The molecule has 0 spiro atoms. The fourth-order valence-corrected chi connectivity index (χ4v) is 3.49. The van der Waals surface area contributed by atoms with Gasteiger partial charge >= 0.3 is 6.01 Å². The van der Waals surface area contributed by atoms with Crippen LogP contribution in [0.1, 0.15) is 62.2 Å². The summed E-state index contributed by atoms with van der Waals surface area (Å²) in [6, 6.07) is 8.73. The molecule has 6 heteroatoms. The van der Waals surface area contributed by atoms with E-state index >= 15 is 0 Å². The van der Waals surface area contributed by atoms with Gasteiger partial charge in [0.2, 0.25) is 5.89 Å². The lowest BCUT2D eigenvalue weighted by atomic mass is 10.0. The van der Waals surface area contributed by atoms with E-state index in [1.54, 1.807) is 0 Å². The normalized spacial score (nSPS) is 16.0. The van der Waals surface area contributed by atoms with E-state index in [1.165, 1.54) is 18.4 Å². The van der Waals surface area contributed by atoms with E-state index in [0.29, 0.717) is 17.8 Å². The predicted molar refractivity (Wildman–Crippen MR) is 108 cm³/mol. The lowest BCUT2D eigenvalue weighted by Crippen LogP contribution is -2.26. The Labute approximate surface area is 164 Å². The molecule has 0 radical (unpaired) electrons. The van der Waals surface area contributed by atoms with Gasteiger partial charge in [0, 0.05) is 34.5 Å². The summed E-state index contributed by atoms with van der Waals surface area (Å²) in [6.45, 7) is 6.16. The van der Waals surface area contributed by atoms with Gasteiger partial charge in [-0.25, -0.2) is 9.97 Å². The van der Waals surface area contributed by atoms with Crippen molar-refractivity contribution in [2.75, 3.05) is 5.32 Å².